The number of carbonyl (C=O) groups excluding carboxylic acids is 1. The summed E-state index contributed by atoms with van der Waals surface area (Å²) in [5, 5.41) is 10.1. The van der Waals surface area contributed by atoms with Gasteiger partial charge in [0, 0.05) is 10.7 Å². The van der Waals surface area contributed by atoms with Crippen molar-refractivity contribution in [3.63, 3.8) is 0 Å². The van der Waals surface area contributed by atoms with Crippen LogP contribution in [-0.2, 0) is 21.2 Å². The van der Waals surface area contributed by atoms with E-state index in [1.54, 1.807) is 12.1 Å². The fourth-order valence-electron chi connectivity index (χ4n) is 2.38. The standard InChI is InChI=1S/C17H16ClN5O3S/c1-11-4-2-3-5-14(11)20-15(24)10-23-16(19)17(21-22-23)27(25,26)13-8-6-12(18)7-9-13/h2-9H,10,19H2,1H3,(H,20,24). The largest absolute Gasteiger partial charge is 0.381 e. The van der Waals surface area contributed by atoms with Gasteiger partial charge in [0.05, 0.1) is 4.90 Å². The molecule has 0 aliphatic carbocycles. The van der Waals surface area contributed by atoms with E-state index in [4.69, 9.17) is 17.3 Å². The molecule has 1 heterocycles. The van der Waals surface area contributed by atoms with Crippen molar-refractivity contribution in [2.75, 3.05) is 11.1 Å². The van der Waals surface area contributed by atoms with Crippen molar-refractivity contribution in [3.8, 4) is 0 Å². The third-order valence-electron chi connectivity index (χ3n) is 3.83. The highest BCUT2D eigenvalue weighted by Gasteiger charge is 2.26. The minimum atomic E-state index is -3.98. The van der Waals surface area contributed by atoms with Crippen molar-refractivity contribution in [2.24, 2.45) is 0 Å². The van der Waals surface area contributed by atoms with Gasteiger partial charge in [-0.15, -0.1) is 5.10 Å². The summed E-state index contributed by atoms with van der Waals surface area (Å²) in [6.45, 7) is 1.58. The van der Waals surface area contributed by atoms with Gasteiger partial charge in [-0.1, -0.05) is 35.0 Å². The molecule has 0 spiro atoms. The molecule has 0 aliphatic heterocycles. The van der Waals surface area contributed by atoms with Crippen LogP contribution in [0.5, 0.6) is 0 Å². The first-order chi connectivity index (χ1) is 12.8. The third-order valence-corrected chi connectivity index (χ3v) is 5.78. The molecule has 1 aromatic heterocycles. The van der Waals surface area contributed by atoms with Crippen LogP contribution < -0.4 is 11.1 Å². The minimum absolute atomic E-state index is 0.0185. The normalized spacial score (nSPS) is 11.3. The van der Waals surface area contributed by atoms with Crippen molar-refractivity contribution in [1.29, 1.82) is 0 Å². The van der Waals surface area contributed by atoms with Crippen LogP contribution in [0.2, 0.25) is 5.02 Å². The number of nitrogens with zero attached hydrogens (tertiary/aromatic N) is 3. The highest BCUT2D eigenvalue weighted by Crippen LogP contribution is 2.24. The predicted octanol–water partition coefficient (Wildman–Crippen LogP) is 2.29. The summed E-state index contributed by atoms with van der Waals surface area (Å²) < 4.78 is 26.4. The van der Waals surface area contributed by atoms with E-state index in [1.165, 1.54) is 24.3 Å². The van der Waals surface area contributed by atoms with Gasteiger partial charge < -0.3 is 11.1 Å². The molecule has 0 radical (unpaired) electrons. The van der Waals surface area contributed by atoms with Crippen LogP contribution in [0.25, 0.3) is 0 Å². The first kappa shape index (κ1) is 18.9. The third kappa shape index (κ3) is 3.93. The zero-order chi connectivity index (χ0) is 19.6. The number of sulfone groups is 1. The van der Waals surface area contributed by atoms with Crippen molar-refractivity contribution in [1.82, 2.24) is 15.0 Å². The lowest BCUT2D eigenvalue weighted by atomic mass is 10.2. The molecule has 2 aromatic carbocycles. The Bertz CT molecular complexity index is 1090. The second-order valence-electron chi connectivity index (χ2n) is 5.76. The molecular weight excluding hydrogens is 390 g/mol. The quantitative estimate of drug-likeness (QED) is 0.671. The monoisotopic (exact) mass is 405 g/mol. The molecule has 0 saturated heterocycles. The first-order valence-electron chi connectivity index (χ1n) is 7.84. The lowest BCUT2D eigenvalue weighted by Crippen LogP contribution is -2.21. The van der Waals surface area contributed by atoms with Crippen LogP contribution >= 0.6 is 11.6 Å². The van der Waals surface area contributed by atoms with Crippen molar-refractivity contribution in [3.05, 3.63) is 59.1 Å². The van der Waals surface area contributed by atoms with Gasteiger partial charge in [-0.05, 0) is 42.8 Å². The molecule has 3 N–H and O–H groups in total. The maximum atomic E-state index is 12.7. The van der Waals surface area contributed by atoms with E-state index in [9.17, 15) is 13.2 Å². The fraction of sp³-hybridized carbons (Fsp3) is 0.118. The van der Waals surface area contributed by atoms with Gasteiger partial charge in [0.2, 0.25) is 20.8 Å². The lowest BCUT2D eigenvalue weighted by molar-refractivity contribution is -0.116. The maximum Gasteiger partial charge on any atom is 0.246 e. The van der Waals surface area contributed by atoms with Crippen molar-refractivity contribution < 1.29 is 13.2 Å². The number of hydrogen-bond donors (Lipinski definition) is 2. The molecule has 0 aliphatic rings. The Morgan fingerprint density at radius 1 is 1.19 bits per heavy atom. The summed E-state index contributed by atoms with van der Waals surface area (Å²) >= 11 is 5.78. The van der Waals surface area contributed by atoms with Crippen LogP contribution in [0.1, 0.15) is 5.56 Å². The van der Waals surface area contributed by atoms with Gasteiger partial charge in [-0.25, -0.2) is 13.1 Å². The number of hydrogen-bond acceptors (Lipinski definition) is 6. The number of aryl methyl sites for hydroxylation is 1. The number of nitrogen functional groups attached to an aromatic ring is 1. The van der Waals surface area contributed by atoms with E-state index in [1.807, 2.05) is 19.1 Å². The number of aromatic nitrogens is 3. The summed E-state index contributed by atoms with van der Waals surface area (Å²) in [4.78, 5) is 12.2. The molecule has 0 bridgehead atoms. The molecule has 3 rings (SSSR count). The Balaban J connectivity index is 1.82. The van der Waals surface area contributed by atoms with Gasteiger partial charge in [-0.3, -0.25) is 4.79 Å². The maximum absolute atomic E-state index is 12.7. The minimum Gasteiger partial charge on any atom is -0.381 e. The second-order valence-corrected chi connectivity index (χ2v) is 8.06. The molecule has 27 heavy (non-hydrogen) atoms. The van der Waals surface area contributed by atoms with Gasteiger partial charge in [0.1, 0.15) is 6.54 Å². The highest BCUT2D eigenvalue weighted by atomic mass is 35.5. The van der Waals surface area contributed by atoms with E-state index in [2.05, 4.69) is 15.6 Å². The van der Waals surface area contributed by atoms with Crippen LogP contribution in [0, 0.1) is 6.92 Å². The van der Waals surface area contributed by atoms with Crippen molar-refractivity contribution >= 4 is 38.9 Å². The smallest absolute Gasteiger partial charge is 0.246 e. The van der Waals surface area contributed by atoms with Gasteiger partial charge in [-0.2, -0.15) is 0 Å². The average Bonchev–Trinajstić information content (AvgIpc) is 2.98. The predicted molar refractivity (Wildman–Crippen MR) is 101 cm³/mol. The van der Waals surface area contributed by atoms with Crippen LogP contribution in [0.3, 0.4) is 0 Å². The number of amides is 1. The molecule has 3 aromatic rings. The summed E-state index contributed by atoms with van der Waals surface area (Å²) in [5.41, 5.74) is 7.42. The summed E-state index contributed by atoms with van der Waals surface area (Å²) in [6, 6.07) is 12.9. The summed E-state index contributed by atoms with van der Waals surface area (Å²) in [7, 11) is -3.98. The Hall–Kier alpha value is -2.91. The first-order valence-corrected chi connectivity index (χ1v) is 9.70. The van der Waals surface area contributed by atoms with Gasteiger partial charge in [0.25, 0.3) is 0 Å². The SMILES string of the molecule is Cc1ccccc1NC(=O)Cn1nnc(S(=O)(=O)c2ccc(Cl)cc2)c1N. The van der Waals surface area contributed by atoms with E-state index in [-0.39, 0.29) is 17.3 Å². The summed E-state index contributed by atoms with van der Waals surface area (Å²) in [5.74, 6) is -0.624. The number of halogens is 1. The molecule has 140 valence electrons. The fourth-order valence-corrected chi connectivity index (χ4v) is 3.75. The molecular formula is C17H16ClN5O3S. The Morgan fingerprint density at radius 3 is 2.52 bits per heavy atom. The highest BCUT2D eigenvalue weighted by molar-refractivity contribution is 7.91. The van der Waals surface area contributed by atoms with E-state index in [0.717, 1.165) is 10.2 Å². The molecule has 0 saturated carbocycles. The van der Waals surface area contributed by atoms with E-state index in [0.29, 0.717) is 10.7 Å². The molecule has 1 amide bonds. The molecule has 8 nitrogen and oxygen atoms in total. The molecule has 0 atom stereocenters. The number of benzene rings is 2. The Labute approximate surface area is 160 Å². The Morgan fingerprint density at radius 2 is 1.85 bits per heavy atom. The summed E-state index contributed by atoms with van der Waals surface area (Å²) in [6.07, 6.45) is 0. The van der Waals surface area contributed by atoms with Gasteiger partial charge >= 0.3 is 0 Å². The van der Waals surface area contributed by atoms with E-state index < -0.39 is 20.8 Å². The number of nitrogens with one attached hydrogen (secondary N) is 1. The van der Waals surface area contributed by atoms with Crippen molar-refractivity contribution in [2.45, 2.75) is 23.4 Å². The number of para-hydroxylation sites is 1. The van der Waals surface area contributed by atoms with Crippen LogP contribution in [0.4, 0.5) is 11.5 Å². The molecule has 0 fully saturated rings. The van der Waals surface area contributed by atoms with Crippen LogP contribution in [-0.4, -0.2) is 29.3 Å². The molecule has 10 heteroatoms. The average molecular weight is 406 g/mol. The zero-order valence-corrected chi connectivity index (χ0v) is 15.8. The lowest BCUT2D eigenvalue weighted by Gasteiger charge is -2.08. The molecule has 0 unspecified atom stereocenters. The number of carbonyl (C=O) groups is 1. The zero-order valence-electron chi connectivity index (χ0n) is 14.3. The van der Waals surface area contributed by atoms with Crippen LogP contribution in [0.15, 0.2) is 58.5 Å². The number of rotatable bonds is 5. The van der Waals surface area contributed by atoms with E-state index >= 15 is 0 Å². The van der Waals surface area contributed by atoms with Gasteiger partial charge in [0.15, 0.2) is 5.82 Å². The second kappa shape index (κ2) is 7.37. The topological polar surface area (TPSA) is 120 Å². The number of nitrogens with two attached hydrogens (primary N) is 1. The Kier molecular flexibility index (Phi) is 5.15. The number of anilines is 2.